The summed E-state index contributed by atoms with van der Waals surface area (Å²) in [6.07, 6.45) is 3.04. The van der Waals surface area contributed by atoms with E-state index in [9.17, 15) is 4.79 Å². The molecule has 0 heterocycles. The molecule has 0 aromatic heterocycles. The standard InChI is InChI=1S/C14H30O4Si/c1-6-10-12-19(16-8-3,17-9-4)18-13(5)14(15)11-7-2/h13H,6-12H2,1-5H3. The van der Waals surface area contributed by atoms with Crippen molar-refractivity contribution in [1.82, 2.24) is 0 Å². The van der Waals surface area contributed by atoms with Crippen molar-refractivity contribution in [1.29, 1.82) is 0 Å². The SMILES string of the molecule is CCCC[Si](OCC)(OCC)OC(C)C(=O)CCC. The van der Waals surface area contributed by atoms with Gasteiger partial charge < -0.3 is 13.3 Å². The number of hydrogen-bond acceptors (Lipinski definition) is 4. The lowest BCUT2D eigenvalue weighted by atomic mass is 10.2. The van der Waals surface area contributed by atoms with E-state index in [1.807, 2.05) is 27.7 Å². The summed E-state index contributed by atoms with van der Waals surface area (Å²) in [5.41, 5.74) is 0. The van der Waals surface area contributed by atoms with E-state index in [-0.39, 0.29) is 5.78 Å². The Kier molecular flexibility index (Phi) is 10.4. The van der Waals surface area contributed by atoms with Crippen LogP contribution < -0.4 is 0 Å². The second-order valence-corrected chi connectivity index (χ2v) is 7.31. The zero-order valence-corrected chi connectivity index (χ0v) is 14.2. The molecule has 0 aliphatic heterocycles. The monoisotopic (exact) mass is 290 g/mol. The van der Waals surface area contributed by atoms with Gasteiger partial charge in [0.05, 0.1) is 0 Å². The number of unbranched alkanes of at least 4 members (excludes halogenated alkanes) is 1. The van der Waals surface area contributed by atoms with E-state index in [4.69, 9.17) is 13.3 Å². The summed E-state index contributed by atoms with van der Waals surface area (Å²) in [5.74, 6) is 0.135. The first-order valence-corrected chi connectivity index (χ1v) is 9.46. The molecule has 0 N–H and O–H groups in total. The lowest BCUT2D eigenvalue weighted by molar-refractivity contribution is -0.127. The first-order valence-electron chi connectivity index (χ1n) is 7.53. The number of ketones is 1. The van der Waals surface area contributed by atoms with E-state index >= 15 is 0 Å². The van der Waals surface area contributed by atoms with Crippen LogP contribution in [0.25, 0.3) is 0 Å². The number of Topliss-reactive ketones (excluding diaryl/α,β-unsaturated/α-hetero) is 1. The molecule has 0 fully saturated rings. The number of hydrogen-bond donors (Lipinski definition) is 0. The summed E-state index contributed by atoms with van der Waals surface area (Å²) in [6.45, 7) is 10.9. The van der Waals surface area contributed by atoms with Crippen LogP contribution in [0.1, 0.15) is 60.3 Å². The summed E-state index contributed by atoms with van der Waals surface area (Å²) < 4.78 is 17.6. The Bertz CT molecular complexity index is 240. The fourth-order valence-electron chi connectivity index (χ4n) is 1.93. The van der Waals surface area contributed by atoms with Crippen LogP contribution in [0, 0.1) is 0 Å². The molecule has 0 aromatic carbocycles. The minimum absolute atomic E-state index is 0.135. The van der Waals surface area contributed by atoms with Crippen LogP contribution >= 0.6 is 0 Å². The molecule has 1 unspecified atom stereocenters. The van der Waals surface area contributed by atoms with E-state index in [0.717, 1.165) is 25.3 Å². The predicted octanol–water partition coefficient (Wildman–Crippen LogP) is 3.57. The Labute approximate surface area is 119 Å². The van der Waals surface area contributed by atoms with Gasteiger partial charge in [0.1, 0.15) is 6.10 Å². The highest BCUT2D eigenvalue weighted by atomic mass is 28.4. The van der Waals surface area contributed by atoms with E-state index in [1.54, 1.807) is 0 Å². The fraction of sp³-hybridized carbons (Fsp3) is 0.929. The topological polar surface area (TPSA) is 44.8 Å². The highest BCUT2D eigenvalue weighted by Crippen LogP contribution is 2.21. The maximum atomic E-state index is 11.9. The average Bonchev–Trinajstić information content (AvgIpc) is 2.37. The minimum Gasteiger partial charge on any atom is -0.374 e. The Hall–Kier alpha value is -0.233. The Morgan fingerprint density at radius 2 is 1.63 bits per heavy atom. The van der Waals surface area contributed by atoms with Crippen molar-refractivity contribution < 1.29 is 18.1 Å². The van der Waals surface area contributed by atoms with Gasteiger partial charge in [-0.2, -0.15) is 0 Å². The van der Waals surface area contributed by atoms with Gasteiger partial charge in [-0.25, -0.2) is 0 Å². The predicted molar refractivity (Wildman–Crippen MR) is 79.2 cm³/mol. The third kappa shape index (κ3) is 7.20. The molecule has 0 aliphatic carbocycles. The fourth-order valence-corrected chi connectivity index (χ4v) is 4.89. The minimum atomic E-state index is -2.69. The van der Waals surface area contributed by atoms with Crippen LogP contribution in [-0.2, 0) is 18.1 Å². The molecule has 0 radical (unpaired) electrons. The molecule has 5 heteroatoms. The summed E-state index contributed by atoms with van der Waals surface area (Å²) in [5, 5.41) is 0. The third-order valence-corrected chi connectivity index (χ3v) is 6.01. The molecule has 1 atom stereocenters. The largest absolute Gasteiger partial charge is 0.501 e. The smallest absolute Gasteiger partial charge is 0.374 e. The highest BCUT2D eigenvalue weighted by molar-refractivity contribution is 6.60. The maximum absolute atomic E-state index is 11.9. The summed E-state index contributed by atoms with van der Waals surface area (Å²) >= 11 is 0. The van der Waals surface area contributed by atoms with Crippen LogP contribution in [0.2, 0.25) is 6.04 Å². The van der Waals surface area contributed by atoms with Crippen LogP contribution in [-0.4, -0.2) is 33.9 Å². The first-order chi connectivity index (χ1) is 9.05. The Morgan fingerprint density at radius 3 is 2.05 bits per heavy atom. The molecule has 0 saturated carbocycles. The van der Waals surface area contributed by atoms with E-state index in [0.29, 0.717) is 19.6 Å². The van der Waals surface area contributed by atoms with Crippen LogP contribution in [0.4, 0.5) is 0 Å². The summed E-state index contributed by atoms with van der Waals surface area (Å²) in [6, 6.07) is 0.787. The molecule has 114 valence electrons. The third-order valence-electron chi connectivity index (χ3n) is 2.87. The van der Waals surface area contributed by atoms with Crippen LogP contribution in [0.3, 0.4) is 0 Å². The van der Waals surface area contributed by atoms with Crippen molar-refractivity contribution in [3.63, 3.8) is 0 Å². The normalized spacial score (nSPS) is 13.5. The molecular formula is C14H30O4Si. The lowest BCUT2D eigenvalue weighted by Gasteiger charge is -2.31. The van der Waals surface area contributed by atoms with E-state index in [2.05, 4.69) is 6.92 Å². The summed E-state index contributed by atoms with van der Waals surface area (Å²) in [7, 11) is -2.69. The molecule has 0 aromatic rings. The molecule has 0 bridgehead atoms. The van der Waals surface area contributed by atoms with Crippen molar-refractivity contribution in [3.05, 3.63) is 0 Å². The molecule has 4 nitrogen and oxygen atoms in total. The zero-order chi connectivity index (χ0) is 14.7. The van der Waals surface area contributed by atoms with Crippen molar-refractivity contribution in [2.45, 2.75) is 72.5 Å². The Morgan fingerprint density at radius 1 is 1.05 bits per heavy atom. The molecule has 0 amide bonds. The average molecular weight is 290 g/mol. The van der Waals surface area contributed by atoms with Crippen molar-refractivity contribution >= 4 is 14.6 Å². The van der Waals surface area contributed by atoms with Gasteiger partial charge in [-0.15, -0.1) is 0 Å². The van der Waals surface area contributed by atoms with Gasteiger partial charge in [-0.05, 0) is 33.6 Å². The van der Waals surface area contributed by atoms with Crippen molar-refractivity contribution in [3.8, 4) is 0 Å². The van der Waals surface area contributed by atoms with Gasteiger partial charge in [-0.1, -0.05) is 20.3 Å². The molecular weight excluding hydrogens is 260 g/mol. The highest BCUT2D eigenvalue weighted by Gasteiger charge is 2.42. The zero-order valence-electron chi connectivity index (χ0n) is 13.2. The quantitative estimate of drug-likeness (QED) is 0.515. The van der Waals surface area contributed by atoms with Gasteiger partial charge in [0.2, 0.25) is 0 Å². The van der Waals surface area contributed by atoms with E-state index < -0.39 is 14.9 Å². The molecule has 0 aliphatic rings. The number of rotatable bonds is 12. The number of carbonyl (C=O) groups excluding carboxylic acids is 1. The van der Waals surface area contributed by atoms with Gasteiger partial charge >= 0.3 is 8.80 Å². The number of carbonyl (C=O) groups is 1. The van der Waals surface area contributed by atoms with Gasteiger partial charge in [0, 0.05) is 25.7 Å². The molecule has 0 spiro atoms. The van der Waals surface area contributed by atoms with E-state index in [1.165, 1.54) is 0 Å². The van der Waals surface area contributed by atoms with Gasteiger partial charge in [0.15, 0.2) is 5.78 Å². The van der Waals surface area contributed by atoms with Crippen LogP contribution in [0.5, 0.6) is 0 Å². The van der Waals surface area contributed by atoms with Crippen LogP contribution in [0.15, 0.2) is 0 Å². The maximum Gasteiger partial charge on any atom is 0.501 e. The molecule has 0 rings (SSSR count). The Balaban J connectivity index is 4.73. The first kappa shape index (κ1) is 18.8. The second kappa shape index (κ2) is 10.5. The van der Waals surface area contributed by atoms with Gasteiger partial charge in [-0.3, -0.25) is 4.79 Å². The van der Waals surface area contributed by atoms with Crippen molar-refractivity contribution in [2.24, 2.45) is 0 Å². The molecule has 19 heavy (non-hydrogen) atoms. The second-order valence-electron chi connectivity index (χ2n) is 4.63. The van der Waals surface area contributed by atoms with Gasteiger partial charge in [0.25, 0.3) is 0 Å². The lowest BCUT2D eigenvalue weighted by Crippen LogP contribution is -2.49. The van der Waals surface area contributed by atoms with Crippen molar-refractivity contribution in [2.75, 3.05) is 13.2 Å². The molecule has 0 saturated heterocycles. The summed E-state index contributed by atoms with van der Waals surface area (Å²) in [4.78, 5) is 11.9.